The van der Waals surface area contributed by atoms with Gasteiger partial charge in [0.05, 0.1) is 26.5 Å². The zero-order valence-corrected chi connectivity index (χ0v) is 11.6. The Hall–Kier alpha value is -2.17. The number of benzene rings is 1. The molecule has 0 atom stereocenters. The molecule has 0 bridgehead atoms. The summed E-state index contributed by atoms with van der Waals surface area (Å²) >= 11 is 0. The van der Waals surface area contributed by atoms with E-state index in [0.717, 1.165) is 5.69 Å². The molecule has 0 aliphatic heterocycles. The summed E-state index contributed by atoms with van der Waals surface area (Å²) in [5.41, 5.74) is 1.38. The molecular weight excluding hydrogens is 246 g/mol. The minimum Gasteiger partial charge on any atom is -0.497 e. The molecule has 0 saturated heterocycles. The van der Waals surface area contributed by atoms with Crippen LogP contribution in [0.5, 0.6) is 11.5 Å². The predicted octanol–water partition coefficient (Wildman–Crippen LogP) is 2.58. The monoisotopic (exact) mass is 265 g/mol. The third kappa shape index (κ3) is 4.54. The van der Waals surface area contributed by atoms with Gasteiger partial charge in [-0.15, -0.1) is 0 Å². The van der Waals surface area contributed by atoms with Gasteiger partial charge >= 0.3 is 5.97 Å². The summed E-state index contributed by atoms with van der Waals surface area (Å²) in [5, 5.41) is 3.08. The van der Waals surface area contributed by atoms with Crippen molar-refractivity contribution in [1.82, 2.24) is 0 Å². The number of carbonyl (C=O) groups excluding carboxylic acids is 1. The van der Waals surface area contributed by atoms with Crippen LogP contribution < -0.4 is 14.8 Å². The van der Waals surface area contributed by atoms with Crippen LogP contribution in [0.2, 0.25) is 0 Å². The highest BCUT2D eigenvalue weighted by Gasteiger charge is 2.06. The Labute approximate surface area is 113 Å². The van der Waals surface area contributed by atoms with Crippen molar-refractivity contribution in [2.24, 2.45) is 0 Å². The Bertz CT molecular complexity index is 469. The third-order valence-electron chi connectivity index (χ3n) is 2.36. The third-order valence-corrected chi connectivity index (χ3v) is 2.36. The van der Waals surface area contributed by atoms with Crippen molar-refractivity contribution in [2.75, 3.05) is 26.1 Å². The van der Waals surface area contributed by atoms with Gasteiger partial charge in [-0.3, -0.25) is 0 Å². The van der Waals surface area contributed by atoms with Crippen molar-refractivity contribution in [1.29, 1.82) is 0 Å². The zero-order valence-electron chi connectivity index (χ0n) is 11.6. The van der Waals surface area contributed by atoms with E-state index >= 15 is 0 Å². The highest BCUT2D eigenvalue weighted by molar-refractivity contribution is 5.83. The summed E-state index contributed by atoms with van der Waals surface area (Å²) in [5.74, 6) is 0.985. The number of ether oxygens (including phenoxy) is 3. The van der Waals surface area contributed by atoms with E-state index < -0.39 is 0 Å². The molecule has 1 aromatic carbocycles. The smallest absolute Gasteiger partial charge is 0.332 e. The second-order valence-electron chi connectivity index (χ2n) is 3.77. The maximum atomic E-state index is 11.3. The SMILES string of the molecule is CCOC(=O)/C=C(/C)Nc1cc(OC)ccc1OC. The minimum atomic E-state index is -0.380. The van der Waals surface area contributed by atoms with Gasteiger partial charge in [0, 0.05) is 17.8 Å². The van der Waals surface area contributed by atoms with E-state index in [-0.39, 0.29) is 5.97 Å². The lowest BCUT2D eigenvalue weighted by atomic mass is 10.2. The summed E-state index contributed by atoms with van der Waals surface area (Å²) < 4.78 is 15.2. The lowest BCUT2D eigenvalue weighted by Crippen LogP contribution is -2.05. The molecule has 1 N–H and O–H groups in total. The van der Waals surface area contributed by atoms with E-state index in [0.29, 0.717) is 23.8 Å². The van der Waals surface area contributed by atoms with Gasteiger partial charge < -0.3 is 19.5 Å². The molecule has 0 aliphatic rings. The maximum Gasteiger partial charge on any atom is 0.332 e. The number of methoxy groups -OCH3 is 2. The molecule has 0 unspecified atom stereocenters. The molecule has 5 nitrogen and oxygen atoms in total. The summed E-state index contributed by atoms with van der Waals surface area (Å²) in [6, 6.07) is 5.38. The number of esters is 1. The van der Waals surface area contributed by atoms with E-state index in [1.807, 2.05) is 0 Å². The van der Waals surface area contributed by atoms with E-state index in [2.05, 4.69) is 5.32 Å². The molecular formula is C14H19NO4. The summed E-state index contributed by atoms with van der Waals surface area (Å²) in [6.07, 6.45) is 1.39. The van der Waals surface area contributed by atoms with Crippen molar-refractivity contribution in [3.05, 3.63) is 30.0 Å². The Balaban J connectivity index is 2.88. The Morgan fingerprint density at radius 1 is 1.32 bits per heavy atom. The largest absolute Gasteiger partial charge is 0.497 e. The fourth-order valence-electron chi connectivity index (χ4n) is 1.52. The van der Waals surface area contributed by atoms with Gasteiger partial charge in [0.15, 0.2) is 0 Å². The Morgan fingerprint density at radius 3 is 2.63 bits per heavy atom. The van der Waals surface area contributed by atoms with Crippen LogP contribution in [-0.4, -0.2) is 26.8 Å². The second kappa shape index (κ2) is 7.31. The maximum absolute atomic E-state index is 11.3. The van der Waals surface area contributed by atoms with Crippen LogP contribution in [0.1, 0.15) is 13.8 Å². The molecule has 5 heteroatoms. The summed E-state index contributed by atoms with van der Waals surface area (Å²) in [4.78, 5) is 11.3. The molecule has 19 heavy (non-hydrogen) atoms. The van der Waals surface area contributed by atoms with Crippen molar-refractivity contribution >= 4 is 11.7 Å². The van der Waals surface area contributed by atoms with Crippen LogP contribution in [0.4, 0.5) is 5.69 Å². The number of allylic oxidation sites excluding steroid dienone is 1. The molecule has 0 aliphatic carbocycles. The van der Waals surface area contributed by atoms with Crippen molar-refractivity contribution in [3.63, 3.8) is 0 Å². The highest BCUT2D eigenvalue weighted by atomic mass is 16.5. The van der Waals surface area contributed by atoms with Gasteiger partial charge in [0.1, 0.15) is 11.5 Å². The molecule has 0 saturated carbocycles. The van der Waals surface area contributed by atoms with E-state index in [9.17, 15) is 4.79 Å². The second-order valence-corrected chi connectivity index (χ2v) is 3.77. The molecule has 0 radical (unpaired) electrons. The van der Waals surface area contributed by atoms with Crippen LogP contribution in [0.3, 0.4) is 0 Å². The number of carbonyl (C=O) groups is 1. The van der Waals surface area contributed by atoms with Gasteiger partial charge in [-0.2, -0.15) is 0 Å². The molecule has 0 heterocycles. The minimum absolute atomic E-state index is 0.352. The summed E-state index contributed by atoms with van der Waals surface area (Å²) in [6.45, 7) is 3.89. The lowest BCUT2D eigenvalue weighted by Gasteiger charge is -2.12. The molecule has 0 amide bonds. The lowest BCUT2D eigenvalue weighted by molar-refractivity contribution is -0.137. The first-order valence-electron chi connectivity index (χ1n) is 5.94. The number of nitrogens with one attached hydrogen (secondary N) is 1. The molecule has 1 aromatic rings. The first-order valence-corrected chi connectivity index (χ1v) is 5.94. The molecule has 104 valence electrons. The molecule has 1 rings (SSSR count). The fourth-order valence-corrected chi connectivity index (χ4v) is 1.52. The van der Waals surface area contributed by atoms with Crippen molar-refractivity contribution < 1.29 is 19.0 Å². The van der Waals surface area contributed by atoms with Gasteiger partial charge in [-0.05, 0) is 26.0 Å². The first kappa shape index (κ1) is 14.9. The van der Waals surface area contributed by atoms with Gasteiger partial charge in [0.2, 0.25) is 0 Å². The number of hydrogen-bond donors (Lipinski definition) is 1. The van der Waals surface area contributed by atoms with E-state index in [1.165, 1.54) is 6.08 Å². The summed E-state index contributed by atoms with van der Waals surface area (Å²) in [7, 11) is 3.17. The number of anilines is 1. The Kier molecular flexibility index (Phi) is 5.73. The number of rotatable bonds is 6. The Morgan fingerprint density at radius 2 is 2.05 bits per heavy atom. The van der Waals surface area contributed by atoms with Crippen LogP contribution in [0.25, 0.3) is 0 Å². The van der Waals surface area contributed by atoms with E-state index in [4.69, 9.17) is 14.2 Å². The topological polar surface area (TPSA) is 56.8 Å². The van der Waals surface area contributed by atoms with Crippen molar-refractivity contribution in [2.45, 2.75) is 13.8 Å². The average Bonchev–Trinajstić information content (AvgIpc) is 2.38. The fraction of sp³-hybridized carbons (Fsp3) is 0.357. The first-order chi connectivity index (χ1) is 9.10. The molecule has 0 aromatic heterocycles. The predicted molar refractivity (Wildman–Crippen MR) is 73.6 cm³/mol. The molecule has 0 fully saturated rings. The molecule has 0 spiro atoms. The average molecular weight is 265 g/mol. The normalized spacial score (nSPS) is 10.8. The van der Waals surface area contributed by atoms with Gasteiger partial charge in [-0.1, -0.05) is 0 Å². The van der Waals surface area contributed by atoms with Crippen LogP contribution in [0, 0.1) is 0 Å². The highest BCUT2D eigenvalue weighted by Crippen LogP contribution is 2.29. The zero-order chi connectivity index (χ0) is 14.3. The van der Waals surface area contributed by atoms with Crippen molar-refractivity contribution in [3.8, 4) is 11.5 Å². The van der Waals surface area contributed by atoms with Crippen LogP contribution in [-0.2, 0) is 9.53 Å². The van der Waals surface area contributed by atoms with Crippen LogP contribution >= 0.6 is 0 Å². The van der Waals surface area contributed by atoms with Gasteiger partial charge in [0.25, 0.3) is 0 Å². The van der Waals surface area contributed by atoms with Crippen LogP contribution in [0.15, 0.2) is 30.0 Å². The number of hydrogen-bond acceptors (Lipinski definition) is 5. The van der Waals surface area contributed by atoms with E-state index in [1.54, 1.807) is 46.3 Å². The van der Waals surface area contributed by atoms with Gasteiger partial charge in [-0.25, -0.2) is 4.79 Å². The standard InChI is InChI=1S/C14H19NO4/c1-5-19-14(16)8-10(2)15-12-9-11(17-3)6-7-13(12)18-4/h6-9,15H,5H2,1-4H3/b10-8-. The quantitative estimate of drug-likeness (QED) is 0.633.